The van der Waals surface area contributed by atoms with Gasteiger partial charge in [0.25, 0.3) is 0 Å². The highest BCUT2D eigenvalue weighted by atomic mass is 79.9. The van der Waals surface area contributed by atoms with Crippen molar-refractivity contribution in [1.82, 2.24) is 0 Å². The molecule has 1 spiro atoms. The Hall–Kier alpha value is -0.0500. The van der Waals surface area contributed by atoms with Crippen molar-refractivity contribution in [3.8, 4) is 0 Å². The van der Waals surface area contributed by atoms with Crippen LogP contribution in [-0.4, -0.2) is 10.2 Å². The third kappa shape index (κ3) is 1.51. The summed E-state index contributed by atoms with van der Waals surface area (Å²) in [6.07, 6.45) is 5.91. The van der Waals surface area contributed by atoms with Crippen molar-refractivity contribution < 1.29 is 4.84 Å². The maximum Gasteiger partial charge on any atom is 0.144 e. The molecule has 0 aromatic rings. The molecule has 1 heterocycles. The molecule has 68 valence electrons. The van der Waals surface area contributed by atoms with Gasteiger partial charge in [0.2, 0.25) is 0 Å². The van der Waals surface area contributed by atoms with Crippen molar-refractivity contribution in [2.75, 3.05) is 0 Å². The van der Waals surface area contributed by atoms with Gasteiger partial charge in [-0.15, -0.1) is 0 Å². The molecule has 1 fully saturated rings. The first-order valence-corrected chi connectivity index (χ1v) is 5.40. The molecule has 1 aliphatic carbocycles. The Balaban J connectivity index is 1.97. The van der Waals surface area contributed by atoms with Crippen LogP contribution in [0.1, 0.15) is 39.0 Å². The van der Waals surface area contributed by atoms with Crippen LogP contribution in [0.3, 0.4) is 0 Å². The van der Waals surface area contributed by atoms with Gasteiger partial charge in [-0.2, -0.15) is 0 Å². The number of oxime groups is 1. The summed E-state index contributed by atoms with van der Waals surface area (Å²) in [5.41, 5.74) is 0.0747. The SMILES string of the molecule is CC1CCC2(CC1)CC(Br)=NO2. The minimum Gasteiger partial charge on any atom is -0.388 e. The number of nitrogens with zero attached hydrogens (tertiary/aromatic N) is 1. The summed E-state index contributed by atoms with van der Waals surface area (Å²) in [5.74, 6) is 0.874. The summed E-state index contributed by atoms with van der Waals surface area (Å²) in [5, 5.41) is 3.97. The first-order chi connectivity index (χ1) is 5.70. The molecular formula is C9H14BrNO. The lowest BCUT2D eigenvalue weighted by molar-refractivity contribution is -0.0527. The van der Waals surface area contributed by atoms with Crippen LogP contribution in [0.4, 0.5) is 0 Å². The van der Waals surface area contributed by atoms with Crippen LogP contribution in [0.15, 0.2) is 5.16 Å². The largest absolute Gasteiger partial charge is 0.388 e. The van der Waals surface area contributed by atoms with E-state index in [1.807, 2.05) is 0 Å². The first-order valence-electron chi connectivity index (χ1n) is 4.61. The zero-order chi connectivity index (χ0) is 8.60. The Morgan fingerprint density at radius 3 is 2.67 bits per heavy atom. The van der Waals surface area contributed by atoms with E-state index in [0.29, 0.717) is 0 Å². The van der Waals surface area contributed by atoms with Gasteiger partial charge >= 0.3 is 0 Å². The quantitative estimate of drug-likeness (QED) is 0.628. The van der Waals surface area contributed by atoms with Crippen LogP contribution in [0.25, 0.3) is 0 Å². The number of rotatable bonds is 0. The minimum absolute atomic E-state index is 0.0747. The lowest BCUT2D eigenvalue weighted by Gasteiger charge is -2.33. The van der Waals surface area contributed by atoms with Gasteiger partial charge in [0, 0.05) is 6.42 Å². The molecule has 0 unspecified atom stereocenters. The van der Waals surface area contributed by atoms with Gasteiger partial charge in [-0.25, -0.2) is 0 Å². The van der Waals surface area contributed by atoms with E-state index >= 15 is 0 Å². The molecule has 0 N–H and O–H groups in total. The molecule has 12 heavy (non-hydrogen) atoms. The molecule has 0 atom stereocenters. The van der Waals surface area contributed by atoms with Crippen LogP contribution in [0, 0.1) is 5.92 Å². The molecule has 2 nitrogen and oxygen atoms in total. The van der Waals surface area contributed by atoms with Crippen LogP contribution >= 0.6 is 15.9 Å². The molecule has 0 aromatic heterocycles. The van der Waals surface area contributed by atoms with E-state index in [1.165, 1.54) is 25.7 Å². The molecule has 3 heteroatoms. The second kappa shape index (κ2) is 3.02. The fourth-order valence-electron chi connectivity index (χ4n) is 2.03. The van der Waals surface area contributed by atoms with Crippen LogP contribution < -0.4 is 0 Å². The Kier molecular flexibility index (Phi) is 2.15. The summed E-state index contributed by atoms with van der Waals surface area (Å²) in [6, 6.07) is 0. The predicted molar refractivity (Wildman–Crippen MR) is 52.4 cm³/mol. The Morgan fingerprint density at radius 2 is 2.17 bits per heavy atom. The minimum atomic E-state index is 0.0747. The zero-order valence-electron chi connectivity index (χ0n) is 7.35. The maximum absolute atomic E-state index is 5.48. The van der Waals surface area contributed by atoms with Gasteiger partial charge in [-0.05, 0) is 47.5 Å². The molecule has 2 aliphatic rings. The molecule has 0 radical (unpaired) electrons. The number of halogens is 1. The predicted octanol–water partition coefficient (Wildman–Crippen LogP) is 3.06. The van der Waals surface area contributed by atoms with E-state index in [9.17, 15) is 0 Å². The Labute approximate surface area is 81.5 Å². The van der Waals surface area contributed by atoms with Crippen LogP contribution in [-0.2, 0) is 4.84 Å². The van der Waals surface area contributed by atoms with Gasteiger partial charge in [-0.3, -0.25) is 0 Å². The Bertz CT molecular complexity index is 207. The van der Waals surface area contributed by atoms with Gasteiger partial charge < -0.3 is 4.84 Å². The van der Waals surface area contributed by atoms with Crippen LogP contribution in [0.5, 0.6) is 0 Å². The van der Waals surface area contributed by atoms with Crippen molar-refractivity contribution in [3.05, 3.63) is 0 Å². The van der Waals surface area contributed by atoms with E-state index in [-0.39, 0.29) is 5.60 Å². The summed E-state index contributed by atoms with van der Waals surface area (Å²) in [4.78, 5) is 5.48. The third-order valence-corrected chi connectivity index (χ3v) is 3.42. The highest BCUT2D eigenvalue weighted by Gasteiger charge is 2.40. The van der Waals surface area contributed by atoms with E-state index in [4.69, 9.17) is 4.84 Å². The summed E-state index contributed by atoms with van der Waals surface area (Å²) in [6.45, 7) is 2.32. The topological polar surface area (TPSA) is 21.6 Å². The average molecular weight is 232 g/mol. The molecule has 0 amide bonds. The molecule has 2 rings (SSSR count). The molecule has 1 aliphatic heterocycles. The van der Waals surface area contributed by atoms with E-state index < -0.39 is 0 Å². The molecule has 0 bridgehead atoms. The second-order valence-electron chi connectivity index (χ2n) is 4.10. The normalized spacial score (nSPS) is 41.2. The monoisotopic (exact) mass is 231 g/mol. The van der Waals surface area contributed by atoms with Gasteiger partial charge in [0.15, 0.2) is 0 Å². The number of hydrogen-bond acceptors (Lipinski definition) is 2. The van der Waals surface area contributed by atoms with E-state index in [1.54, 1.807) is 0 Å². The lowest BCUT2D eigenvalue weighted by atomic mass is 9.78. The van der Waals surface area contributed by atoms with Crippen molar-refractivity contribution >= 4 is 20.6 Å². The van der Waals surface area contributed by atoms with Crippen molar-refractivity contribution in [3.63, 3.8) is 0 Å². The van der Waals surface area contributed by atoms with Crippen molar-refractivity contribution in [1.29, 1.82) is 0 Å². The highest BCUT2D eigenvalue weighted by molar-refractivity contribution is 9.18. The summed E-state index contributed by atoms with van der Waals surface area (Å²) >= 11 is 3.39. The second-order valence-corrected chi connectivity index (χ2v) is 5.02. The molecule has 0 saturated heterocycles. The van der Waals surface area contributed by atoms with Gasteiger partial charge in [0.1, 0.15) is 10.2 Å². The molecule has 0 aromatic carbocycles. The van der Waals surface area contributed by atoms with Crippen LogP contribution in [0.2, 0.25) is 0 Å². The smallest absolute Gasteiger partial charge is 0.144 e. The van der Waals surface area contributed by atoms with E-state index in [2.05, 4.69) is 28.0 Å². The van der Waals surface area contributed by atoms with E-state index in [0.717, 1.165) is 17.0 Å². The maximum atomic E-state index is 5.48. The molecular weight excluding hydrogens is 218 g/mol. The fourth-order valence-corrected chi connectivity index (χ4v) is 2.62. The van der Waals surface area contributed by atoms with Gasteiger partial charge in [-0.1, -0.05) is 12.1 Å². The lowest BCUT2D eigenvalue weighted by Crippen LogP contribution is -2.33. The fraction of sp³-hybridized carbons (Fsp3) is 0.889. The third-order valence-electron chi connectivity index (χ3n) is 2.99. The zero-order valence-corrected chi connectivity index (χ0v) is 8.93. The summed E-state index contributed by atoms with van der Waals surface area (Å²) < 4.78 is 0.983. The summed E-state index contributed by atoms with van der Waals surface area (Å²) in [7, 11) is 0. The Morgan fingerprint density at radius 1 is 1.50 bits per heavy atom. The van der Waals surface area contributed by atoms with Crippen molar-refractivity contribution in [2.24, 2.45) is 11.1 Å². The highest BCUT2D eigenvalue weighted by Crippen LogP contribution is 2.41. The first kappa shape index (κ1) is 8.54. The average Bonchev–Trinajstić information content (AvgIpc) is 2.40. The van der Waals surface area contributed by atoms with Crippen molar-refractivity contribution in [2.45, 2.75) is 44.6 Å². The standard InChI is InChI=1S/C9H14BrNO/c1-7-2-4-9(5-3-7)6-8(10)11-12-9/h7H,2-6H2,1H3. The molecule has 1 saturated carbocycles. The van der Waals surface area contributed by atoms with Gasteiger partial charge in [0.05, 0.1) is 0 Å². The number of hydrogen-bond donors (Lipinski definition) is 0.